The zero-order valence-electron chi connectivity index (χ0n) is 16.3. The number of ketones is 1. The smallest absolute Gasteiger partial charge is 0.261 e. The highest BCUT2D eigenvalue weighted by molar-refractivity contribution is 6.09. The predicted octanol–water partition coefficient (Wildman–Crippen LogP) is 1.34. The Kier molecular flexibility index (Phi) is 5.52. The number of hydrogen-bond donors (Lipinski definition) is 2. The molecule has 2 heterocycles. The van der Waals surface area contributed by atoms with Crippen molar-refractivity contribution >= 4 is 23.3 Å². The average Bonchev–Trinajstić information content (AvgIpc) is 3.03. The van der Waals surface area contributed by atoms with E-state index in [1.165, 1.54) is 0 Å². The number of carbonyl (C=O) groups is 3. The van der Waals surface area contributed by atoms with Crippen LogP contribution in [0.3, 0.4) is 0 Å². The summed E-state index contributed by atoms with van der Waals surface area (Å²) in [5, 5.41) is 13.5. The van der Waals surface area contributed by atoms with Gasteiger partial charge in [-0.3, -0.25) is 14.4 Å². The lowest BCUT2D eigenvalue weighted by molar-refractivity contribution is -0.137. The van der Waals surface area contributed by atoms with Crippen molar-refractivity contribution < 1.29 is 29.0 Å². The Morgan fingerprint density at radius 2 is 1.80 bits per heavy atom. The van der Waals surface area contributed by atoms with Crippen LogP contribution in [0.25, 0.3) is 0 Å². The predicted molar refractivity (Wildman–Crippen MR) is 107 cm³/mol. The molecule has 1 atom stereocenters. The average molecular weight is 410 g/mol. The first-order valence-electron chi connectivity index (χ1n) is 9.72. The SMILES string of the molecule is O=C(CC1(O)C(=O)Nc2ccccc21)c1ccc(OCC(=O)N2CCOCC2)cc1. The number of benzene rings is 2. The van der Waals surface area contributed by atoms with Crippen molar-refractivity contribution in [3.63, 3.8) is 0 Å². The fourth-order valence-electron chi connectivity index (χ4n) is 3.60. The number of amides is 2. The lowest BCUT2D eigenvalue weighted by Gasteiger charge is -2.26. The Hall–Kier alpha value is -3.23. The van der Waals surface area contributed by atoms with Crippen LogP contribution >= 0.6 is 0 Å². The Balaban J connectivity index is 1.37. The molecule has 30 heavy (non-hydrogen) atoms. The summed E-state index contributed by atoms with van der Waals surface area (Å²) in [6, 6.07) is 13.0. The second kappa shape index (κ2) is 8.25. The first kappa shape index (κ1) is 20.1. The van der Waals surface area contributed by atoms with Crippen molar-refractivity contribution in [1.29, 1.82) is 0 Å². The van der Waals surface area contributed by atoms with E-state index < -0.39 is 11.5 Å². The highest BCUT2D eigenvalue weighted by atomic mass is 16.5. The second-order valence-electron chi connectivity index (χ2n) is 7.27. The van der Waals surface area contributed by atoms with Gasteiger partial charge in [0.2, 0.25) is 0 Å². The van der Waals surface area contributed by atoms with E-state index in [0.717, 1.165) is 0 Å². The van der Waals surface area contributed by atoms with Crippen LogP contribution in [0.5, 0.6) is 5.75 Å². The van der Waals surface area contributed by atoms with Crippen LogP contribution in [-0.4, -0.2) is 60.5 Å². The molecular weight excluding hydrogens is 388 g/mol. The summed E-state index contributed by atoms with van der Waals surface area (Å²) in [7, 11) is 0. The number of para-hydroxylation sites is 1. The van der Waals surface area contributed by atoms with Crippen LogP contribution in [0.15, 0.2) is 48.5 Å². The van der Waals surface area contributed by atoms with E-state index in [1.54, 1.807) is 53.4 Å². The van der Waals surface area contributed by atoms with Gasteiger partial charge in [0.25, 0.3) is 11.8 Å². The van der Waals surface area contributed by atoms with E-state index in [9.17, 15) is 19.5 Å². The molecule has 0 spiro atoms. The summed E-state index contributed by atoms with van der Waals surface area (Å²) in [5.74, 6) is -0.652. The molecule has 1 unspecified atom stereocenters. The zero-order valence-corrected chi connectivity index (χ0v) is 16.3. The third-order valence-corrected chi connectivity index (χ3v) is 5.32. The Bertz CT molecular complexity index is 968. The van der Waals surface area contributed by atoms with Crippen molar-refractivity contribution in [3.8, 4) is 5.75 Å². The van der Waals surface area contributed by atoms with Crippen LogP contribution in [0.2, 0.25) is 0 Å². The summed E-state index contributed by atoms with van der Waals surface area (Å²) in [4.78, 5) is 38.8. The molecule has 8 heteroatoms. The van der Waals surface area contributed by atoms with Gasteiger partial charge in [-0.15, -0.1) is 0 Å². The molecule has 0 aromatic heterocycles. The van der Waals surface area contributed by atoms with E-state index >= 15 is 0 Å². The number of carbonyl (C=O) groups excluding carboxylic acids is 3. The summed E-state index contributed by atoms with van der Waals surface area (Å²) < 4.78 is 10.7. The fraction of sp³-hybridized carbons (Fsp3) is 0.318. The highest BCUT2D eigenvalue weighted by Gasteiger charge is 2.46. The molecular formula is C22H22N2O6. The molecule has 1 saturated heterocycles. The molecule has 2 aromatic carbocycles. The molecule has 0 saturated carbocycles. The maximum absolute atomic E-state index is 12.7. The van der Waals surface area contributed by atoms with E-state index in [1.807, 2.05) is 0 Å². The molecule has 0 bridgehead atoms. The standard InChI is InChI=1S/C22H22N2O6/c25-19(13-22(28)17-3-1-2-4-18(17)23-21(22)27)15-5-7-16(8-6-15)30-14-20(26)24-9-11-29-12-10-24/h1-8,28H,9-14H2,(H,23,27). The summed E-state index contributed by atoms with van der Waals surface area (Å²) >= 11 is 0. The van der Waals surface area contributed by atoms with Gasteiger partial charge >= 0.3 is 0 Å². The molecule has 0 aliphatic carbocycles. The van der Waals surface area contributed by atoms with E-state index in [0.29, 0.717) is 48.9 Å². The number of nitrogens with one attached hydrogen (secondary N) is 1. The minimum absolute atomic E-state index is 0.0933. The number of rotatable bonds is 6. The number of morpholine rings is 1. The summed E-state index contributed by atoms with van der Waals surface area (Å²) in [6.07, 6.45) is -0.369. The first-order valence-corrected chi connectivity index (χ1v) is 9.72. The van der Waals surface area contributed by atoms with Crippen molar-refractivity contribution in [1.82, 2.24) is 4.90 Å². The highest BCUT2D eigenvalue weighted by Crippen LogP contribution is 2.38. The Morgan fingerprint density at radius 3 is 2.53 bits per heavy atom. The van der Waals surface area contributed by atoms with Gasteiger partial charge in [-0.1, -0.05) is 18.2 Å². The molecule has 1 fully saturated rings. The number of hydrogen-bond acceptors (Lipinski definition) is 6. The number of anilines is 1. The van der Waals surface area contributed by atoms with Gasteiger partial charge in [0, 0.05) is 29.9 Å². The van der Waals surface area contributed by atoms with Crippen LogP contribution in [0.4, 0.5) is 5.69 Å². The monoisotopic (exact) mass is 410 g/mol. The lowest BCUT2D eigenvalue weighted by Crippen LogP contribution is -2.42. The molecule has 2 aliphatic heterocycles. The van der Waals surface area contributed by atoms with Crippen molar-refractivity contribution in [3.05, 3.63) is 59.7 Å². The Morgan fingerprint density at radius 1 is 1.10 bits per heavy atom. The fourth-order valence-corrected chi connectivity index (χ4v) is 3.60. The molecule has 0 radical (unpaired) electrons. The van der Waals surface area contributed by atoms with E-state index in [4.69, 9.17) is 9.47 Å². The van der Waals surface area contributed by atoms with Gasteiger partial charge in [-0.2, -0.15) is 0 Å². The minimum atomic E-state index is -1.90. The second-order valence-corrected chi connectivity index (χ2v) is 7.27. The molecule has 2 amide bonds. The van der Waals surface area contributed by atoms with Crippen LogP contribution in [-0.2, 0) is 19.9 Å². The molecule has 4 rings (SSSR count). The van der Waals surface area contributed by atoms with Crippen molar-refractivity contribution in [2.75, 3.05) is 38.2 Å². The number of ether oxygens (including phenoxy) is 2. The van der Waals surface area contributed by atoms with Crippen LogP contribution in [0.1, 0.15) is 22.3 Å². The third kappa shape index (κ3) is 3.92. The quantitative estimate of drug-likeness (QED) is 0.697. The molecule has 156 valence electrons. The largest absolute Gasteiger partial charge is 0.484 e. The first-order chi connectivity index (χ1) is 14.5. The lowest BCUT2D eigenvalue weighted by atomic mass is 9.88. The van der Waals surface area contributed by atoms with Crippen LogP contribution < -0.4 is 10.1 Å². The van der Waals surface area contributed by atoms with E-state index in [2.05, 4.69) is 5.32 Å². The van der Waals surface area contributed by atoms with Gasteiger partial charge in [0.1, 0.15) is 5.75 Å². The van der Waals surface area contributed by atoms with Gasteiger partial charge in [0.15, 0.2) is 18.0 Å². The summed E-state index contributed by atoms with van der Waals surface area (Å²) in [5.41, 5.74) is -0.656. The maximum Gasteiger partial charge on any atom is 0.261 e. The van der Waals surface area contributed by atoms with Gasteiger partial charge in [-0.05, 0) is 30.3 Å². The topological polar surface area (TPSA) is 105 Å². The maximum atomic E-state index is 12.7. The molecule has 2 aromatic rings. The number of nitrogens with zero attached hydrogens (tertiary/aromatic N) is 1. The van der Waals surface area contributed by atoms with E-state index in [-0.39, 0.29) is 24.7 Å². The van der Waals surface area contributed by atoms with Crippen LogP contribution in [0, 0.1) is 0 Å². The molecule has 2 N–H and O–H groups in total. The van der Waals surface area contributed by atoms with Crippen molar-refractivity contribution in [2.45, 2.75) is 12.0 Å². The Labute approximate surface area is 173 Å². The van der Waals surface area contributed by atoms with Gasteiger partial charge in [0.05, 0.1) is 19.6 Å². The number of fused-ring (bicyclic) bond motifs is 1. The number of Topliss-reactive ketones (excluding diaryl/α,β-unsaturated/α-hetero) is 1. The minimum Gasteiger partial charge on any atom is -0.484 e. The van der Waals surface area contributed by atoms with Gasteiger partial charge in [-0.25, -0.2) is 0 Å². The molecule has 8 nitrogen and oxygen atoms in total. The van der Waals surface area contributed by atoms with Crippen molar-refractivity contribution in [2.24, 2.45) is 0 Å². The zero-order chi connectivity index (χ0) is 21.1. The number of aliphatic hydroxyl groups is 1. The third-order valence-electron chi connectivity index (χ3n) is 5.32. The molecule has 2 aliphatic rings. The van der Waals surface area contributed by atoms with Gasteiger partial charge < -0.3 is 24.8 Å². The normalized spacial score (nSPS) is 20.4. The summed E-state index contributed by atoms with van der Waals surface area (Å²) in [6.45, 7) is 2.06.